The summed E-state index contributed by atoms with van der Waals surface area (Å²) in [5, 5.41) is 11.8. The first-order valence-corrected chi connectivity index (χ1v) is 7.00. The molecule has 2 aromatic rings. The standard InChI is InChI=1S/C16H16N2O4/c19-9-12-2-1-3-15(17-12)22-14-6-4-11(5-7-14)8-13-10-21-16(20)18-13/h1-7,13,19H,8-10H2,(H,18,20). The number of carbonyl (C=O) groups is 1. The summed E-state index contributed by atoms with van der Waals surface area (Å²) in [4.78, 5) is 15.1. The maximum atomic E-state index is 11.0. The fourth-order valence-electron chi connectivity index (χ4n) is 2.24. The van der Waals surface area contributed by atoms with Crippen molar-refractivity contribution in [2.75, 3.05) is 6.61 Å². The first kappa shape index (κ1) is 14.3. The zero-order valence-electron chi connectivity index (χ0n) is 11.9. The van der Waals surface area contributed by atoms with Gasteiger partial charge in [-0.2, -0.15) is 0 Å². The number of nitrogens with one attached hydrogen (secondary N) is 1. The highest BCUT2D eigenvalue weighted by molar-refractivity contribution is 5.69. The molecule has 0 saturated carbocycles. The predicted octanol–water partition coefficient (Wildman–Crippen LogP) is 2.02. The predicted molar refractivity (Wildman–Crippen MR) is 78.7 cm³/mol. The number of aliphatic hydroxyl groups is 1. The van der Waals surface area contributed by atoms with Crippen molar-refractivity contribution in [1.82, 2.24) is 10.3 Å². The summed E-state index contributed by atoms with van der Waals surface area (Å²) in [6, 6.07) is 12.8. The number of aliphatic hydroxyl groups excluding tert-OH is 1. The normalized spacial score (nSPS) is 17.0. The lowest BCUT2D eigenvalue weighted by Gasteiger charge is -2.09. The number of rotatable bonds is 5. The summed E-state index contributed by atoms with van der Waals surface area (Å²) in [6.45, 7) is 0.278. The number of aromatic nitrogens is 1. The minimum absolute atomic E-state index is 0.0159. The average molecular weight is 300 g/mol. The minimum atomic E-state index is -0.361. The number of ether oxygens (including phenoxy) is 2. The Morgan fingerprint density at radius 1 is 1.27 bits per heavy atom. The van der Waals surface area contributed by atoms with Gasteiger partial charge in [-0.1, -0.05) is 18.2 Å². The van der Waals surface area contributed by atoms with E-state index < -0.39 is 0 Å². The molecule has 0 aliphatic carbocycles. The molecule has 1 amide bonds. The van der Waals surface area contributed by atoms with E-state index in [4.69, 9.17) is 14.6 Å². The van der Waals surface area contributed by atoms with E-state index >= 15 is 0 Å². The Morgan fingerprint density at radius 2 is 2.09 bits per heavy atom. The Hall–Kier alpha value is -2.60. The van der Waals surface area contributed by atoms with Crippen LogP contribution in [0.15, 0.2) is 42.5 Å². The highest BCUT2D eigenvalue weighted by atomic mass is 16.6. The number of carbonyl (C=O) groups excluding carboxylic acids is 1. The summed E-state index contributed by atoms with van der Waals surface area (Å²) in [6.07, 6.45) is 0.351. The van der Waals surface area contributed by atoms with Crippen molar-refractivity contribution >= 4 is 6.09 Å². The van der Waals surface area contributed by atoms with E-state index in [1.54, 1.807) is 18.2 Å². The summed E-state index contributed by atoms with van der Waals surface area (Å²) in [5.74, 6) is 1.11. The minimum Gasteiger partial charge on any atom is -0.447 e. The van der Waals surface area contributed by atoms with Gasteiger partial charge in [0.25, 0.3) is 0 Å². The molecule has 3 rings (SSSR count). The van der Waals surface area contributed by atoms with E-state index in [2.05, 4.69) is 10.3 Å². The van der Waals surface area contributed by atoms with Crippen LogP contribution in [0.2, 0.25) is 0 Å². The summed E-state index contributed by atoms with van der Waals surface area (Å²) in [5.41, 5.74) is 1.64. The van der Waals surface area contributed by atoms with Gasteiger partial charge in [0.05, 0.1) is 18.3 Å². The van der Waals surface area contributed by atoms with Crippen molar-refractivity contribution in [3.8, 4) is 11.6 Å². The van der Waals surface area contributed by atoms with Gasteiger partial charge >= 0.3 is 6.09 Å². The first-order chi connectivity index (χ1) is 10.7. The molecule has 0 bridgehead atoms. The fraction of sp³-hybridized carbons (Fsp3) is 0.250. The Morgan fingerprint density at radius 3 is 2.77 bits per heavy atom. The highest BCUT2D eigenvalue weighted by Crippen LogP contribution is 2.21. The van der Waals surface area contributed by atoms with Crippen molar-refractivity contribution in [2.24, 2.45) is 0 Å². The number of hydrogen-bond acceptors (Lipinski definition) is 5. The smallest absolute Gasteiger partial charge is 0.407 e. The molecule has 22 heavy (non-hydrogen) atoms. The van der Waals surface area contributed by atoms with Crippen LogP contribution in [0.4, 0.5) is 4.79 Å². The third-order valence-electron chi connectivity index (χ3n) is 3.31. The molecule has 2 heterocycles. The SMILES string of the molecule is O=C1NC(Cc2ccc(Oc3cccc(CO)n3)cc2)CO1. The van der Waals surface area contributed by atoms with E-state index in [1.165, 1.54) is 0 Å². The molecule has 1 saturated heterocycles. The van der Waals surface area contributed by atoms with Crippen molar-refractivity contribution < 1.29 is 19.4 Å². The lowest BCUT2D eigenvalue weighted by atomic mass is 10.1. The zero-order chi connectivity index (χ0) is 15.4. The molecule has 2 N–H and O–H groups in total. The number of alkyl carbamates (subject to hydrolysis) is 1. The number of benzene rings is 1. The molecular weight excluding hydrogens is 284 g/mol. The number of hydrogen-bond donors (Lipinski definition) is 2. The van der Waals surface area contributed by atoms with Gasteiger partial charge in [-0.15, -0.1) is 0 Å². The fourth-order valence-corrected chi connectivity index (χ4v) is 2.24. The van der Waals surface area contributed by atoms with Crippen LogP contribution in [0.25, 0.3) is 0 Å². The summed E-state index contributed by atoms with van der Waals surface area (Å²) < 4.78 is 10.5. The maximum Gasteiger partial charge on any atom is 0.407 e. The van der Waals surface area contributed by atoms with Crippen molar-refractivity contribution in [1.29, 1.82) is 0 Å². The second-order valence-electron chi connectivity index (χ2n) is 5.02. The monoisotopic (exact) mass is 300 g/mol. The lowest BCUT2D eigenvalue weighted by molar-refractivity contribution is 0.177. The first-order valence-electron chi connectivity index (χ1n) is 7.00. The summed E-state index contributed by atoms with van der Waals surface area (Å²) in [7, 11) is 0. The number of pyridine rings is 1. The van der Waals surface area contributed by atoms with Crippen LogP contribution < -0.4 is 10.1 Å². The molecule has 1 fully saturated rings. The van der Waals surface area contributed by atoms with E-state index in [9.17, 15) is 4.79 Å². The van der Waals surface area contributed by atoms with Crippen LogP contribution in [-0.2, 0) is 17.8 Å². The molecule has 6 heteroatoms. The van der Waals surface area contributed by atoms with Crippen LogP contribution >= 0.6 is 0 Å². The van der Waals surface area contributed by atoms with Crippen LogP contribution in [0.3, 0.4) is 0 Å². The van der Waals surface area contributed by atoms with Crippen LogP contribution in [0, 0.1) is 0 Å². The van der Waals surface area contributed by atoms with Crippen LogP contribution in [0.1, 0.15) is 11.3 Å². The Balaban J connectivity index is 1.62. The number of amides is 1. The van der Waals surface area contributed by atoms with Crippen molar-refractivity contribution in [3.63, 3.8) is 0 Å². The second-order valence-corrected chi connectivity index (χ2v) is 5.02. The van der Waals surface area contributed by atoms with E-state index in [1.807, 2.05) is 24.3 Å². The van der Waals surface area contributed by atoms with Gasteiger partial charge < -0.3 is 19.9 Å². The highest BCUT2D eigenvalue weighted by Gasteiger charge is 2.22. The lowest BCUT2D eigenvalue weighted by Crippen LogP contribution is -2.28. The van der Waals surface area contributed by atoms with E-state index in [0.29, 0.717) is 30.4 Å². The molecule has 0 radical (unpaired) electrons. The molecule has 1 aliphatic rings. The maximum absolute atomic E-state index is 11.0. The van der Waals surface area contributed by atoms with Crippen LogP contribution in [-0.4, -0.2) is 28.8 Å². The molecule has 114 valence electrons. The molecule has 6 nitrogen and oxygen atoms in total. The number of nitrogens with zero attached hydrogens (tertiary/aromatic N) is 1. The van der Waals surface area contributed by atoms with Gasteiger partial charge in [0.2, 0.25) is 5.88 Å². The van der Waals surface area contributed by atoms with E-state index in [0.717, 1.165) is 5.56 Å². The molecule has 1 aromatic heterocycles. The van der Waals surface area contributed by atoms with Crippen LogP contribution in [0.5, 0.6) is 11.6 Å². The number of cyclic esters (lactones) is 1. The van der Waals surface area contributed by atoms with Gasteiger partial charge in [-0.25, -0.2) is 9.78 Å². The molecular formula is C16H16N2O4. The van der Waals surface area contributed by atoms with Gasteiger partial charge in [0.1, 0.15) is 12.4 Å². The van der Waals surface area contributed by atoms with E-state index in [-0.39, 0.29) is 18.7 Å². The average Bonchev–Trinajstić information content (AvgIpc) is 2.94. The topological polar surface area (TPSA) is 80.7 Å². The van der Waals surface area contributed by atoms with Crippen molar-refractivity contribution in [3.05, 3.63) is 53.7 Å². The molecule has 1 atom stereocenters. The molecule has 1 aromatic carbocycles. The molecule has 1 aliphatic heterocycles. The van der Waals surface area contributed by atoms with Gasteiger partial charge in [0, 0.05) is 6.07 Å². The summed E-state index contributed by atoms with van der Waals surface area (Å²) >= 11 is 0. The Labute approximate surface area is 127 Å². The second kappa shape index (κ2) is 6.44. The zero-order valence-corrected chi connectivity index (χ0v) is 11.9. The van der Waals surface area contributed by atoms with Gasteiger partial charge in [0.15, 0.2) is 0 Å². The van der Waals surface area contributed by atoms with Gasteiger partial charge in [-0.05, 0) is 30.2 Å². The van der Waals surface area contributed by atoms with Crippen molar-refractivity contribution in [2.45, 2.75) is 19.1 Å². The molecule has 0 spiro atoms. The third kappa shape index (κ3) is 3.53. The quantitative estimate of drug-likeness (QED) is 0.883. The van der Waals surface area contributed by atoms with Gasteiger partial charge in [-0.3, -0.25) is 0 Å². The largest absolute Gasteiger partial charge is 0.447 e. The molecule has 1 unspecified atom stereocenters. The Bertz CT molecular complexity index is 657. The Kier molecular flexibility index (Phi) is 4.20. The third-order valence-corrected chi connectivity index (χ3v) is 3.31.